The molecule has 0 amide bonds. The fourth-order valence-electron chi connectivity index (χ4n) is 1.40. The van der Waals surface area contributed by atoms with Crippen molar-refractivity contribution in [1.29, 1.82) is 0 Å². The molecular weight excluding hydrogens is 304 g/mol. The van der Waals surface area contributed by atoms with Gasteiger partial charge in [0, 0.05) is 10.2 Å². The summed E-state index contributed by atoms with van der Waals surface area (Å²) in [5.41, 5.74) is 2.91. The van der Waals surface area contributed by atoms with Gasteiger partial charge in [0.1, 0.15) is 0 Å². The summed E-state index contributed by atoms with van der Waals surface area (Å²) < 4.78 is 6.64. The number of hydrogen-bond donors (Lipinski definition) is 0. The summed E-state index contributed by atoms with van der Waals surface area (Å²) in [7, 11) is 0. The number of alkyl halides is 1. The second-order valence-electron chi connectivity index (χ2n) is 2.69. The van der Waals surface area contributed by atoms with Gasteiger partial charge in [-0.1, -0.05) is 15.9 Å². The lowest BCUT2D eigenvalue weighted by Crippen LogP contribution is -2.07. The maximum atomic E-state index is 5.38. The molecule has 1 aromatic rings. The maximum Gasteiger partial charge on any atom is 0.0812 e. The van der Waals surface area contributed by atoms with Crippen LogP contribution in [0.4, 0.5) is 0 Å². The van der Waals surface area contributed by atoms with Crippen molar-refractivity contribution < 1.29 is 4.74 Å². The largest absolute Gasteiger partial charge is 0.376 e. The first kappa shape index (κ1) is 9.19. The van der Waals surface area contributed by atoms with Crippen LogP contribution in [0, 0.1) is 0 Å². The second-order valence-corrected chi connectivity index (χ2v) is 5.68. The summed E-state index contributed by atoms with van der Waals surface area (Å²) in [6.07, 6.45) is 1.07. The van der Waals surface area contributed by atoms with Crippen LogP contribution in [-0.4, -0.2) is 6.61 Å². The molecule has 0 spiro atoms. The molecule has 1 nitrogen and oxygen atoms in total. The number of ether oxygens (including phenoxy) is 1. The molecule has 0 saturated heterocycles. The van der Waals surface area contributed by atoms with Crippen molar-refractivity contribution in [3.05, 3.63) is 19.8 Å². The highest BCUT2D eigenvalue weighted by Crippen LogP contribution is 2.37. The number of thiophene rings is 1. The topological polar surface area (TPSA) is 9.23 Å². The molecule has 12 heavy (non-hydrogen) atoms. The van der Waals surface area contributed by atoms with Crippen LogP contribution in [0.2, 0.25) is 0 Å². The molecule has 0 aromatic carbocycles. The van der Waals surface area contributed by atoms with Gasteiger partial charge in [0.25, 0.3) is 0 Å². The van der Waals surface area contributed by atoms with E-state index in [9.17, 15) is 0 Å². The average Bonchev–Trinajstić information content (AvgIpc) is 2.40. The number of fused-ring (bicyclic) bond motifs is 1. The van der Waals surface area contributed by atoms with Crippen molar-refractivity contribution in [2.75, 3.05) is 6.61 Å². The Morgan fingerprint density at radius 1 is 1.50 bits per heavy atom. The zero-order valence-electron chi connectivity index (χ0n) is 6.40. The minimum Gasteiger partial charge on any atom is -0.376 e. The highest BCUT2D eigenvalue weighted by molar-refractivity contribution is 9.11. The van der Waals surface area contributed by atoms with E-state index in [-0.39, 0.29) is 0 Å². The minimum absolute atomic E-state index is 0.797. The zero-order valence-corrected chi connectivity index (χ0v) is 10.4. The first-order chi connectivity index (χ1) is 5.83. The van der Waals surface area contributed by atoms with Gasteiger partial charge < -0.3 is 4.74 Å². The Balaban J connectivity index is 2.46. The molecule has 2 heterocycles. The van der Waals surface area contributed by atoms with Crippen molar-refractivity contribution in [3.8, 4) is 0 Å². The lowest BCUT2D eigenvalue weighted by Gasteiger charge is -2.12. The predicted octanol–water partition coefficient (Wildman–Crippen LogP) is 3.48. The van der Waals surface area contributed by atoms with E-state index in [1.54, 1.807) is 11.3 Å². The zero-order chi connectivity index (χ0) is 8.55. The van der Waals surface area contributed by atoms with Crippen LogP contribution < -0.4 is 0 Å². The summed E-state index contributed by atoms with van der Waals surface area (Å²) in [5.74, 6) is 0. The lowest BCUT2D eigenvalue weighted by molar-refractivity contribution is 0.113. The van der Waals surface area contributed by atoms with Gasteiger partial charge in [0.15, 0.2) is 0 Å². The molecule has 2 rings (SSSR count). The van der Waals surface area contributed by atoms with Gasteiger partial charge in [0.2, 0.25) is 0 Å². The molecule has 0 aliphatic carbocycles. The third-order valence-electron chi connectivity index (χ3n) is 2.01. The molecule has 0 radical (unpaired) electrons. The van der Waals surface area contributed by atoms with Crippen molar-refractivity contribution in [2.24, 2.45) is 0 Å². The number of rotatable bonds is 1. The normalized spacial score (nSPS) is 16.2. The van der Waals surface area contributed by atoms with Gasteiger partial charge in [-0.25, -0.2) is 0 Å². The quantitative estimate of drug-likeness (QED) is 0.722. The Morgan fingerprint density at radius 2 is 2.33 bits per heavy atom. The van der Waals surface area contributed by atoms with E-state index in [1.807, 2.05) is 0 Å². The van der Waals surface area contributed by atoms with Crippen LogP contribution in [0.25, 0.3) is 0 Å². The third-order valence-corrected chi connectivity index (χ3v) is 4.58. The number of hydrogen-bond acceptors (Lipinski definition) is 2. The van der Waals surface area contributed by atoms with Crippen LogP contribution in [0.15, 0.2) is 3.79 Å². The Hall–Kier alpha value is 0.620. The Morgan fingerprint density at radius 3 is 3.08 bits per heavy atom. The molecule has 0 fully saturated rings. The monoisotopic (exact) mass is 310 g/mol. The molecule has 0 N–H and O–H groups in total. The second kappa shape index (κ2) is 3.78. The van der Waals surface area contributed by atoms with E-state index in [2.05, 4.69) is 31.9 Å². The molecule has 1 aromatic heterocycles. The standard InChI is InChI=1S/C8H8Br2OS/c9-3-6-5-1-2-11-4-7(5)12-8(6)10/h1-4H2. The number of halogens is 2. The Kier molecular flexibility index (Phi) is 2.89. The molecule has 0 unspecified atom stereocenters. The van der Waals surface area contributed by atoms with E-state index < -0.39 is 0 Å². The Bertz CT molecular complexity index is 295. The summed E-state index contributed by atoms with van der Waals surface area (Å²) in [4.78, 5) is 1.39. The van der Waals surface area contributed by atoms with Gasteiger partial charge in [-0.2, -0.15) is 0 Å². The first-order valence-electron chi connectivity index (χ1n) is 3.75. The van der Waals surface area contributed by atoms with Crippen LogP contribution >= 0.6 is 43.2 Å². The maximum absolute atomic E-state index is 5.38. The van der Waals surface area contributed by atoms with Crippen molar-refractivity contribution in [2.45, 2.75) is 18.4 Å². The smallest absolute Gasteiger partial charge is 0.0812 e. The molecule has 1 aliphatic rings. The van der Waals surface area contributed by atoms with E-state index in [4.69, 9.17) is 4.74 Å². The van der Waals surface area contributed by atoms with Crippen molar-refractivity contribution >= 4 is 43.2 Å². The van der Waals surface area contributed by atoms with Gasteiger partial charge in [0.05, 0.1) is 17.0 Å². The van der Waals surface area contributed by atoms with Crippen molar-refractivity contribution in [3.63, 3.8) is 0 Å². The van der Waals surface area contributed by atoms with Crippen LogP contribution in [0.1, 0.15) is 16.0 Å². The van der Waals surface area contributed by atoms with Gasteiger partial charge in [-0.05, 0) is 33.5 Å². The fraction of sp³-hybridized carbons (Fsp3) is 0.500. The summed E-state index contributed by atoms with van der Waals surface area (Å²) in [6.45, 7) is 1.67. The van der Waals surface area contributed by atoms with E-state index >= 15 is 0 Å². The van der Waals surface area contributed by atoms with E-state index in [0.717, 1.165) is 25.0 Å². The fourth-order valence-corrected chi connectivity index (χ4v) is 4.57. The van der Waals surface area contributed by atoms with Gasteiger partial charge in [-0.15, -0.1) is 11.3 Å². The summed E-state index contributed by atoms with van der Waals surface area (Å²) in [6, 6.07) is 0. The molecule has 0 saturated carbocycles. The molecule has 0 atom stereocenters. The van der Waals surface area contributed by atoms with Gasteiger partial charge >= 0.3 is 0 Å². The first-order valence-corrected chi connectivity index (χ1v) is 6.48. The predicted molar refractivity (Wildman–Crippen MR) is 58.0 cm³/mol. The highest BCUT2D eigenvalue weighted by Gasteiger charge is 2.18. The average molecular weight is 312 g/mol. The van der Waals surface area contributed by atoms with E-state index in [0.29, 0.717) is 0 Å². The summed E-state index contributed by atoms with van der Waals surface area (Å²) >= 11 is 8.88. The molecule has 0 bridgehead atoms. The van der Waals surface area contributed by atoms with Gasteiger partial charge in [-0.3, -0.25) is 0 Å². The molecular formula is C8H8Br2OS. The lowest BCUT2D eigenvalue weighted by atomic mass is 10.1. The minimum atomic E-state index is 0.797. The Labute approximate surface area is 92.4 Å². The van der Waals surface area contributed by atoms with E-state index in [1.165, 1.54) is 19.8 Å². The molecule has 66 valence electrons. The third kappa shape index (κ3) is 1.50. The highest BCUT2D eigenvalue weighted by atomic mass is 79.9. The van der Waals surface area contributed by atoms with Crippen LogP contribution in [-0.2, 0) is 23.1 Å². The summed E-state index contributed by atoms with van der Waals surface area (Å²) in [5, 5.41) is 0.944. The van der Waals surface area contributed by atoms with Crippen LogP contribution in [0.5, 0.6) is 0 Å². The molecule has 1 aliphatic heterocycles. The SMILES string of the molecule is BrCc1c(Br)sc2c1CCOC2. The van der Waals surface area contributed by atoms with Crippen LogP contribution in [0.3, 0.4) is 0 Å². The molecule has 4 heteroatoms. The van der Waals surface area contributed by atoms with Crippen molar-refractivity contribution in [1.82, 2.24) is 0 Å².